The van der Waals surface area contributed by atoms with E-state index in [0.717, 1.165) is 12.3 Å². The van der Waals surface area contributed by atoms with Crippen molar-refractivity contribution < 1.29 is 0 Å². The molecule has 2 heteroatoms. The molecule has 102 valence electrons. The lowest BCUT2D eigenvalue weighted by atomic mass is 9.68. The van der Waals surface area contributed by atoms with E-state index in [2.05, 4.69) is 43.5 Å². The maximum atomic E-state index is 6.78. The molecular formula is C17H23NS. The van der Waals surface area contributed by atoms with Crippen LogP contribution in [0.15, 0.2) is 29.6 Å². The molecule has 3 unspecified atom stereocenters. The summed E-state index contributed by atoms with van der Waals surface area (Å²) >= 11 is 1.85. The van der Waals surface area contributed by atoms with Crippen LogP contribution in [-0.2, 0) is 6.42 Å². The van der Waals surface area contributed by atoms with Gasteiger partial charge in [-0.25, -0.2) is 0 Å². The Morgan fingerprint density at radius 1 is 1.26 bits per heavy atom. The summed E-state index contributed by atoms with van der Waals surface area (Å²) in [5, 5.41) is 3.72. The Kier molecular flexibility index (Phi) is 3.40. The summed E-state index contributed by atoms with van der Waals surface area (Å²) in [6.07, 6.45) is 4.81. The van der Waals surface area contributed by atoms with E-state index < -0.39 is 0 Å². The molecule has 0 aliphatic heterocycles. The first-order valence-electron chi connectivity index (χ1n) is 7.32. The highest BCUT2D eigenvalue weighted by Gasteiger charge is 2.37. The molecule has 1 aliphatic rings. The summed E-state index contributed by atoms with van der Waals surface area (Å²) in [6.45, 7) is 4.68. The predicted molar refractivity (Wildman–Crippen MR) is 84.6 cm³/mol. The van der Waals surface area contributed by atoms with Crippen LogP contribution in [0.2, 0.25) is 0 Å². The van der Waals surface area contributed by atoms with Crippen LogP contribution in [0.1, 0.15) is 38.7 Å². The molecule has 0 spiro atoms. The highest BCUT2D eigenvalue weighted by Crippen LogP contribution is 2.39. The first kappa shape index (κ1) is 13.1. The second kappa shape index (κ2) is 4.92. The highest BCUT2D eigenvalue weighted by atomic mass is 32.1. The van der Waals surface area contributed by atoms with Gasteiger partial charge in [0.05, 0.1) is 0 Å². The summed E-state index contributed by atoms with van der Waals surface area (Å²) < 4.78 is 1.39. The van der Waals surface area contributed by atoms with Crippen molar-refractivity contribution in [2.75, 3.05) is 0 Å². The number of fused-ring (bicyclic) bond motifs is 1. The normalized spacial score (nSPS) is 31.7. The number of nitrogens with two attached hydrogens (primary N) is 1. The van der Waals surface area contributed by atoms with Crippen LogP contribution in [0.4, 0.5) is 0 Å². The molecular weight excluding hydrogens is 250 g/mol. The summed E-state index contributed by atoms with van der Waals surface area (Å²) in [4.78, 5) is 0. The van der Waals surface area contributed by atoms with Crippen molar-refractivity contribution in [2.24, 2.45) is 17.6 Å². The zero-order valence-corrected chi connectivity index (χ0v) is 12.7. The third-order valence-electron chi connectivity index (χ3n) is 4.88. The van der Waals surface area contributed by atoms with Crippen LogP contribution < -0.4 is 5.73 Å². The highest BCUT2D eigenvalue weighted by molar-refractivity contribution is 7.17. The van der Waals surface area contributed by atoms with Crippen LogP contribution >= 0.6 is 11.3 Å². The van der Waals surface area contributed by atoms with Gasteiger partial charge in [0.25, 0.3) is 0 Å². The molecule has 0 radical (unpaired) electrons. The molecule has 2 N–H and O–H groups in total. The Bertz CT molecular complexity index is 573. The Labute approximate surface area is 119 Å². The van der Waals surface area contributed by atoms with Crippen LogP contribution in [-0.4, -0.2) is 5.54 Å². The van der Waals surface area contributed by atoms with Crippen LogP contribution in [0, 0.1) is 11.8 Å². The van der Waals surface area contributed by atoms with Crippen molar-refractivity contribution in [1.29, 1.82) is 0 Å². The first-order chi connectivity index (χ1) is 9.08. The van der Waals surface area contributed by atoms with Gasteiger partial charge in [-0.15, -0.1) is 11.3 Å². The minimum absolute atomic E-state index is 0.0124. The average Bonchev–Trinajstić information content (AvgIpc) is 2.78. The first-order valence-corrected chi connectivity index (χ1v) is 8.20. The van der Waals surface area contributed by atoms with Gasteiger partial charge in [-0.2, -0.15) is 0 Å². The molecule has 1 heterocycles. The van der Waals surface area contributed by atoms with E-state index in [1.807, 2.05) is 11.3 Å². The van der Waals surface area contributed by atoms with Crippen molar-refractivity contribution in [3.05, 3.63) is 35.2 Å². The third-order valence-corrected chi connectivity index (χ3v) is 5.90. The molecule has 1 aromatic heterocycles. The molecule has 3 atom stereocenters. The smallest absolute Gasteiger partial charge is 0.0345 e. The number of rotatable bonds is 2. The molecule has 1 aromatic carbocycles. The number of hydrogen-bond acceptors (Lipinski definition) is 2. The molecule has 0 bridgehead atoms. The lowest BCUT2D eigenvalue weighted by molar-refractivity contribution is 0.161. The van der Waals surface area contributed by atoms with Crippen LogP contribution in [0.3, 0.4) is 0 Å². The van der Waals surface area contributed by atoms with Gasteiger partial charge in [-0.1, -0.05) is 38.5 Å². The van der Waals surface area contributed by atoms with Crippen molar-refractivity contribution in [3.8, 4) is 0 Å². The molecule has 1 saturated carbocycles. The van der Waals surface area contributed by atoms with Gasteiger partial charge in [-0.3, -0.25) is 0 Å². The van der Waals surface area contributed by atoms with Gasteiger partial charge in [0.2, 0.25) is 0 Å². The molecule has 3 rings (SSSR count). The summed E-state index contributed by atoms with van der Waals surface area (Å²) in [7, 11) is 0. The Hall–Kier alpha value is -0.860. The van der Waals surface area contributed by atoms with E-state index in [-0.39, 0.29) is 5.54 Å². The van der Waals surface area contributed by atoms with E-state index >= 15 is 0 Å². The molecule has 2 aromatic rings. The average molecular weight is 273 g/mol. The monoisotopic (exact) mass is 273 g/mol. The maximum Gasteiger partial charge on any atom is 0.0345 e. The topological polar surface area (TPSA) is 26.0 Å². The van der Waals surface area contributed by atoms with Crippen LogP contribution in [0.25, 0.3) is 10.1 Å². The zero-order valence-electron chi connectivity index (χ0n) is 11.9. The number of hydrogen-bond donors (Lipinski definition) is 1. The molecule has 0 saturated heterocycles. The Morgan fingerprint density at radius 2 is 2.05 bits per heavy atom. The van der Waals surface area contributed by atoms with Crippen molar-refractivity contribution in [3.63, 3.8) is 0 Å². The molecule has 1 fully saturated rings. The summed E-state index contributed by atoms with van der Waals surface area (Å²) in [6, 6.07) is 8.70. The summed E-state index contributed by atoms with van der Waals surface area (Å²) in [5.74, 6) is 1.40. The van der Waals surface area contributed by atoms with E-state index in [9.17, 15) is 0 Å². The second-order valence-corrected chi connectivity index (χ2v) is 7.37. The van der Waals surface area contributed by atoms with Gasteiger partial charge in [-0.05, 0) is 53.5 Å². The zero-order chi connectivity index (χ0) is 13.5. The van der Waals surface area contributed by atoms with Gasteiger partial charge in [0.15, 0.2) is 0 Å². The lowest BCUT2D eigenvalue weighted by Gasteiger charge is -2.42. The van der Waals surface area contributed by atoms with E-state index in [0.29, 0.717) is 5.92 Å². The van der Waals surface area contributed by atoms with Crippen molar-refractivity contribution >= 4 is 21.4 Å². The number of benzene rings is 1. The quantitative estimate of drug-likeness (QED) is 0.850. The van der Waals surface area contributed by atoms with E-state index in [1.54, 1.807) is 0 Å². The third kappa shape index (κ3) is 2.44. The Morgan fingerprint density at radius 3 is 2.89 bits per heavy atom. The summed E-state index contributed by atoms with van der Waals surface area (Å²) in [5.41, 5.74) is 8.22. The van der Waals surface area contributed by atoms with E-state index in [4.69, 9.17) is 5.73 Å². The van der Waals surface area contributed by atoms with Gasteiger partial charge < -0.3 is 5.73 Å². The lowest BCUT2D eigenvalue weighted by Crippen LogP contribution is -2.51. The van der Waals surface area contributed by atoms with E-state index in [1.165, 1.54) is 34.9 Å². The number of thiophene rings is 1. The molecule has 0 amide bonds. The minimum Gasteiger partial charge on any atom is -0.325 e. The fourth-order valence-corrected chi connectivity index (χ4v) is 4.51. The van der Waals surface area contributed by atoms with Crippen molar-refractivity contribution in [1.82, 2.24) is 0 Å². The van der Waals surface area contributed by atoms with Gasteiger partial charge in [0.1, 0.15) is 0 Å². The SMILES string of the molecule is CC1CCC(C)C(N)(Cc2csc3ccccc23)C1. The molecule has 19 heavy (non-hydrogen) atoms. The fourth-order valence-electron chi connectivity index (χ4n) is 3.54. The van der Waals surface area contributed by atoms with Crippen LogP contribution in [0.5, 0.6) is 0 Å². The predicted octanol–water partition coefficient (Wildman–Crippen LogP) is 4.60. The molecule has 1 aliphatic carbocycles. The van der Waals surface area contributed by atoms with Gasteiger partial charge >= 0.3 is 0 Å². The standard InChI is InChI=1S/C17H23NS/c1-12-7-8-13(2)17(18,9-12)10-14-11-19-16-6-4-3-5-15(14)16/h3-6,11-13H,7-10,18H2,1-2H3. The Balaban J connectivity index is 1.91. The largest absolute Gasteiger partial charge is 0.325 e. The second-order valence-electron chi connectivity index (χ2n) is 6.45. The maximum absolute atomic E-state index is 6.78. The molecule has 1 nitrogen and oxygen atoms in total. The minimum atomic E-state index is -0.0124. The van der Waals surface area contributed by atoms with Crippen molar-refractivity contribution in [2.45, 2.75) is 45.1 Å². The van der Waals surface area contributed by atoms with Gasteiger partial charge in [0, 0.05) is 10.2 Å². The fraction of sp³-hybridized carbons (Fsp3) is 0.529.